The first-order valence-corrected chi connectivity index (χ1v) is 13.4. The predicted molar refractivity (Wildman–Crippen MR) is 158 cm³/mol. The highest BCUT2D eigenvalue weighted by atomic mass is 35.5. The molecule has 2 aliphatic heterocycles. The van der Waals surface area contributed by atoms with E-state index >= 15 is 0 Å². The van der Waals surface area contributed by atoms with Gasteiger partial charge in [0.05, 0.1) is 12.1 Å². The number of hydrogen-bond donors (Lipinski definition) is 4. The number of rotatable bonds is 9. The van der Waals surface area contributed by atoms with Crippen molar-refractivity contribution in [3.63, 3.8) is 0 Å². The molecule has 4 rings (SSSR count). The largest absolute Gasteiger partial charge is 0.343 e. The second-order valence-electron chi connectivity index (χ2n) is 10.2. The number of carbonyl (C=O) groups excluding carboxylic acids is 3. The third-order valence-electron chi connectivity index (χ3n) is 7.83. The van der Waals surface area contributed by atoms with E-state index in [1.165, 1.54) is 0 Å². The van der Waals surface area contributed by atoms with Crippen LogP contribution < -0.4 is 22.1 Å². The van der Waals surface area contributed by atoms with Crippen molar-refractivity contribution in [2.45, 2.75) is 75.7 Å². The first-order valence-electron chi connectivity index (χ1n) is 13.4. The van der Waals surface area contributed by atoms with Gasteiger partial charge in [0.1, 0.15) is 12.1 Å². The number of fused-ring (bicyclic) bond motifs is 1. The Hall–Kier alpha value is -2.65. The van der Waals surface area contributed by atoms with Crippen LogP contribution in [0.5, 0.6) is 0 Å². The molecular weight excluding hydrogens is 537 g/mol. The normalized spacial score (nSPS) is 23.1. The molecule has 2 aromatic rings. The van der Waals surface area contributed by atoms with Crippen molar-refractivity contribution < 1.29 is 14.4 Å². The van der Waals surface area contributed by atoms with Gasteiger partial charge in [0.25, 0.3) is 0 Å². The molecular formula is C29H41Cl2N5O3. The summed E-state index contributed by atoms with van der Waals surface area (Å²) in [5.41, 5.74) is 13.8. The van der Waals surface area contributed by atoms with Crippen molar-refractivity contribution >= 4 is 42.5 Å². The summed E-state index contributed by atoms with van der Waals surface area (Å²) in [6.07, 6.45) is 4.01. The van der Waals surface area contributed by atoms with Gasteiger partial charge in [-0.2, -0.15) is 0 Å². The molecule has 10 heteroatoms. The van der Waals surface area contributed by atoms with E-state index in [0.717, 1.165) is 30.4 Å². The second kappa shape index (κ2) is 15.2. The van der Waals surface area contributed by atoms with Gasteiger partial charge in [-0.1, -0.05) is 67.6 Å². The number of amides is 3. The quantitative estimate of drug-likeness (QED) is 0.364. The predicted octanol–water partition coefficient (Wildman–Crippen LogP) is 3.08. The number of nitrogens with two attached hydrogens (primary N) is 2. The number of nitrogens with zero attached hydrogens (tertiary/aromatic N) is 1. The van der Waals surface area contributed by atoms with Gasteiger partial charge in [0, 0.05) is 6.04 Å². The lowest BCUT2D eigenvalue weighted by Crippen LogP contribution is -2.58. The number of nitrogens with one attached hydrogen (secondary N) is 2. The van der Waals surface area contributed by atoms with E-state index in [4.69, 9.17) is 11.5 Å². The number of benzene rings is 2. The zero-order valence-corrected chi connectivity index (χ0v) is 24.0. The van der Waals surface area contributed by atoms with Crippen LogP contribution in [0, 0.1) is 5.92 Å². The van der Waals surface area contributed by atoms with Crippen LogP contribution in [0.2, 0.25) is 0 Å². The van der Waals surface area contributed by atoms with Gasteiger partial charge in [-0.15, -0.1) is 24.8 Å². The topological polar surface area (TPSA) is 131 Å². The van der Waals surface area contributed by atoms with Gasteiger partial charge in [-0.3, -0.25) is 14.4 Å². The van der Waals surface area contributed by atoms with E-state index < -0.39 is 18.1 Å². The lowest BCUT2D eigenvalue weighted by atomic mass is 9.90. The summed E-state index contributed by atoms with van der Waals surface area (Å²) in [6, 6.07) is 17.3. The van der Waals surface area contributed by atoms with Crippen LogP contribution in [0.25, 0.3) is 0 Å². The van der Waals surface area contributed by atoms with Gasteiger partial charge in [0.2, 0.25) is 17.7 Å². The van der Waals surface area contributed by atoms with E-state index in [2.05, 4.69) is 10.6 Å². The minimum Gasteiger partial charge on any atom is -0.343 e. The Morgan fingerprint density at radius 2 is 1.51 bits per heavy atom. The Morgan fingerprint density at radius 3 is 2.05 bits per heavy atom. The summed E-state index contributed by atoms with van der Waals surface area (Å²) >= 11 is 0. The second-order valence-corrected chi connectivity index (χ2v) is 10.2. The van der Waals surface area contributed by atoms with E-state index in [1.54, 1.807) is 4.90 Å². The number of hydrogen-bond acceptors (Lipinski definition) is 5. The first kappa shape index (κ1) is 32.6. The SMILES string of the molecule is CC[C@H](N)C(=O)N[C@@H]1C(=O)N2[C@@H](CC[C@@H]1CCN)CC[C@H]2C(=O)NC(c1ccccc1)c1ccccc1.Cl.Cl. The van der Waals surface area contributed by atoms with Crippen LogP contribution >= 0.6 is 24.8 Å². The standard InChI is InChI=1S/C29H39N5O3.2ClH/c1-2-23(31)27(35)33-26-21(17-18-30)13-14-22-15-16-24(34(22)29(26)37)28(36)32-25(19-9-5-3-6-10-19)20-11-7-4-8-12-20;;/h3-12,21-26H,2,13-18,30-31H2,1H3,(H,32,36)(H,33,35);2*1H/t21-,22+,23+,24+,26+;;/m1../s1. The maximum absolute atomic E-state index is 13.9. The van der Waals surface area contributed by atoms with Crippen molar-refractivity contribution in [3.05, 3.63) is 71.8 Å². The smallest absolute Gasteiger partial charge is 0.246 e. The van der Waals surface area contributed by atoms with Crippen LogP contribution in [0.3, 0.4) is 0 Å². The molecule has 2 saturated heterocycles. The van der Waals surface area contributed by atoms with Crippen molar-refractivity contribution in [2.24, 2.45) is 17.4 Å². The van der Waals surface area contributed by atoms with Crippen molar-refractivity contribution in [2.75, 3.05) is 6.54 Å². The van der Waals surface area contributed by atoms with Gasteiger partial charge in [-0.05, 0) is 62.1 Å². The lowest BCUT2D eigenvalue weighted by Gasteiger charge is -2.33. The molecule has 0 unspecified atom stereocenters. The molecule has 0 bridgehead atoms. The first-order chi connectivity index (χ1) is 17.9. The molecule has 0 aliphatic carbocycles. The minimum absolute atomic E-state index is 0. The van der Waals surface area contributed by atoms with E-state index in [0.29, 0.717) is 25.8 Å². The third-order valence-corrected chi connectivity index (χ3v) is 7.83. The molecule has 3 amide bonds. The zero-order chi connectivity index (χ0) is 26.4. The van der Waals surface area contributed by atoms with E-state index in [-0.39, 0.29) is 60.5 Å². The third kappa shape index (κ3) is 7.51. The summed E-state index contributed by atoms with van der Waals surface area (Å²) in [5.74, 6) is -0.802. The fourth-order valence-corrected chi connectivity index (χ4v) is 5.73. The molecule has 2 fully saturated rings. The molecule has 2 heterocycles. The van der Waals surface area contributed by atoms with E-state index in [9.17, 15) is 14.4 Å². The van der Waals surface area contributed by atoms with Crippen LogP contribution in [0.1, 0.15) is 62.6 Å². The molecule has 6 N–H and O–H groups in total. The molecule has 0 radical (unpaired) electrons. The summed E-state index contributed by atoms with van der Waals surface area (Å²) in [4.78, 5) is 42.2. The van der Waals surface area contributed by atoms with E-state index in [1.807, 2.05) is 67.6 Å². The van der Waals surface area contributed by atoms with Crippen molar-refractivity contribution in [3.8, 4) is 0 Å². The van der Waals surface area contributed by atoms with Crippen molar-refractivity contribution in [1.82, 2.24) is 15.5 Å². The average Bonchev–Trinajstić information content (AvgIpc) is 3.32. The van der Waals surface area contributed by atoms with Crippen LogP contribution in [-0.4, -0.2) is 53.3 Å². The lowest BCUT2D eigenvalue weighted by molar-refractivity contribution is -0.143. The Labute approximate surface area is 243 Å². The fraction of sp³-hybridized carbons (Fsp3) is 0.483. The highest BCUT2D eigenvalue weighted by Gasteiger charge is 2.47. The molecule has 0 spiro atoms. The fourth-order valence-electron chi connectivity index (χ4n) is 5.73. The number of halogens is 2. The monoisotopic (exact) mass is 577 g/mol. The van der Waals surface area contributed by atoms with Gasteiger partial charge in [0.15, 0.2) is 0 Å². The van der Waals surface area contributed by atoms with Crippen LogP contribution in [0.15, 0.2) is 60.7 Å². The Balaban J connectivity index is 0.00000267. The van der Waals surface area contributed by atoms with Gasteiger partial charge >= 0.3 is 0 Å². The zero-order valence-electron chi connectivity index (χ0n) is 22.3. The average molecular weight is 579 g/mol. The Morgan fingerprint density at radius 1 is 0.949 bits per heavy atom. The van der Waals surface area contributed by atoms with Crippen LogP contribution in [-0.2, 0) is 14.4 Å². The molecule has 2 aromatic carbocycles. The molecule has 8 nitrogen and oxygen atoms in total. The molecule has 0 aromatic heterocycles. The molecule has 2 aliphatic rings. The summed E-state index contributed by atoms with van der Waals surface area (Å²) in [5, 5.41) is 6.14. The number of carbonyl (C=O) groups is 3. The van der Waals surface area contributed by atoms with Gasteiger partial charge < -0.3 is 27.0 Å². The van der Waals surface area contributed by atoms with Crippen molar-refractivity contribution in [1.29, 1.82) is 0 Å². The molecule has 5 atom stereocenters. The Kier molecular flexibility index (Phi) is 12.7. The summed E-state index contributed by atoms with van der Waals surface area (Å²) in [7, 11) is 0. The maximum Gasteiger partial charge on any atom is 0.246 e. The summed E-state index contributed by atoms with van der Waals surface area (Å²) in [6.45, 7) is 2.26. The van der Waals surface area contributed by atoms with Crippen LogP contribution in [0.4, 0.5) is 0 Å². The highest BCUT2D eigenvalue weighted by molar-refractivity contribution is 5.94. The van der Waals surface area contributed by atoms with Gasteiger partial charge in [-0.25, -0.2) is 0 Å². The highest BCUT2D eigenvalue weighted by Crippen LogP contribution is 2.35. The summed E-state index contributed by atoms with van der Waals surface area (Å²) < 4.78 is 0. The molecule has 214 valence electrons. The minimum atomic E-state index is -0.730. The maximum atomic E-state index is 13.9. The molecule has 39 heavy (non-hydrogen) atoms. The Bertz CT molecular complexity index is 1040. The molecule has 0 saturated carbocycles.